The van der Waals surface area contributed by atoms with Crippen molar-refractivity contribution in [2.75, 3.05) is 25.1 Å². The van der Waals surface area contributed by atoms with E-state index in [0.29, 0.717) is 18.3 Å². The second-order valence-electron chi connectivity index (χ2n) is 4.77. The minimum Gasteiger partial charge on any atom is -0.433 e. The van der Waals surface area contributed by atoms with Crippen LogP contribution in [0.2, 0.25) is 0 Å². The van der Waals surface area contributed by atoms with E-state index in [1.165, 1.54) is 31.2 Å². The third kappa shape index (κ3) is 5.66. The number of pyridine rings is 1. The number of aliphatic hydroxyl groups excluding tert-OH is 1. The summed E-state index contributed by atoms with van der Waals surface area (Å²) in [5.41, 5.74) is 0. The molecule has 1 aliphatic rings. The van der Waals surface area contributed by atoms with Crippen LogP contribution < -0.4 is 10.1 Å². The van der Waals surface area contributed by atoms with Gasteiger partial charge in [0, 0.05) is 13.2 Å². The summed E-state index contributed by atoms with van der Waals surface area (Å²) >= 11 is 0. The van der Waals surface area contributed by atoms with E-state index in [1.54, 1.807) is 0 Å². The molecule has 1 aromatic heterocycles. The number of alkyl halides is 2. The molecule has 1 unspecified atom stereocenters. The first-order chi connectivity index (χ1) is 9.63. The van der Waals surface area contributed by atoms with Gasteiger partial charge in [0.2, 0.25) is 0 Å². The van der Waals surface area contributed by atoms with Crippen LogP contribution in [-0.2, 0) is 4.74 Å². The maximum Gasteiger partial charge on any atom is 0.387 e. The van der Waals surface area contributed by atoms with Crippen LogP contribution in [0.1, 0.15) is 12.8 Å². The Balaban J connectivity index is 1.64. The van der Waals surface area contributed by atoms with Gasteiger partial charge in [0.1, 0.15) is 11.6 Å². The lowest BCUT2D eigenvalue weighted by atomic mass is 10.3. The monoisotopic (exact) mass is 288 g/mol. The molecule has 0 spiro atoms. The van der Waals surface area contributed by atoms with Crippen LogP contribution in [0, 0.1) is 5.92 Å². The Morgan fingerprint density at radius 1 is 1.40 bits per heavy atom. The zero-order valence-corrected chi connectivity index (χ0v) is 11.0. The van der Waals surface area contributed by atoms with E-state index < -0.39 is 12.7 Å². The molecule has 1 heterocycles. The maximum absolute atomic E-state index is 11.9. The van der Waals surface area contributed by atoms with E-state index in [2.05, 4.69) is 15.0 Å². The number of halogens is 2. The fourth-order valence-electron chi connectivity index (χ4n) is 1.59. The van der Waals surface area contributed by atoms with Gasteiger partial charge >= 0.3 is 6.61 Å². The molecule has 0 aliphatic heterocycles. The van der Waals surface area contributed by atoms with Crippen LogP contribution in [0.4, 0.5) is 14.6 Å². The van der Waals surface area contributed by atoms with Crippen LogP contribution in [-0.4, -0.2) is 42.6 Å². The number of hydrogen-bond donors (Lipinski definition) is 2. The molecule has 5 nitrogen and oxygen atoms in total. The summed E-state index contributed by atoms with van der Waals surface area (Å²) in [7, 11) is 0. The van der Waals surface area contributed by atoms with Gasteiger partial charge in [-0.15, -0.1) is 0 Å². The molecule has 1 saturated carbocycles. The van der Waals surface area contributed by atoms with E-state index >= 15 is 0 Å². The Morgan fingerprint density at radius 3 is 2.80 bits per heavy atom. The third-order valence-corrected chi connectivity index (χ3v) is 2.84. The van der Waals surface area contributed by atoms with Crippen molar-refractivity contribution in [1.82, 2.24) is 4.98 Å². The molecule has 0 radical (unpaired) electrons. The van der Waals surface area contributed by atoms with Crippen molar-refractivity contribution in [2.24, 2.45) is 5.92 Å². The number of aromatic nitrogens is 1. The highest BCUT2D eigenvalue weighted by Crippen LogP contribution is 2.28. The predicted octanol–water partition coefficient (Wildman–Crippen LogP) is 1.88. The van der Waals surface area contributed by atoms with Crippen molar-refractivity contribution in [2.45, 2.75) is 25.6 Å². The first kappa shape index (κ1) is 14.9. The van der Waals surface area contributed by atoms with Crippen LogP contribution in [0.25, 0.3) is 0 Å². The Hall–Kier alpha value is -1.47. The minimum absolute atomic E-state index is 0.00105. The lowest BCUT2D eigenvalue weighted by molar-refractivity contribution is -0.0500. The van der Waals surface area contributed by atoms with E-state index in [1.807, 2.05) is 0 Å². The zero-order valence-electron chi connectivity index (χ0n) is 11.0. The van der Waals surface area contributed by atoms with Crippen LogP contribution in [0.3, 0.4) is 0 Å². The fraction of sp³-hybridized carbons (Fsp3) is 0.615. The predicted molar refractivity (Wildman–Crippen MR) is 68.9 cm³/mol. The summed E-state index contributed by atoms with van der Waals surface area (Å²) < 4.78 is 33.4. The molecule has 7 heteroatoms. The SMILES string of the molecule is OC(CNc1ccc(OC(F)F)cn1)COCC1CC1. The Labute approximate surface area is 115 Å². The van der Waals surface area contributed by atoms with Gasteiger partial charge in [-0.2, -0.15) is 8.78 Å². The van der Waals surface area contributed by atoms with Gasteiger partial charge in [0.05, 0.1) is 18.9 Å². The Bertz CT molecular complexity index is 399. The third-order valence-electron chi connectivity index (χ3n) is 2.84. The number of aliphatic hydroxyl groups is 1. The van der Waals surface area contributed by atoms with Gasteiger partial charge in [-0.1, -0.05) is 0 Å². The molecule has 0 amide bonds. The lowest BCUT2D eigenvalue weighted by Crippen LogP contribution is -2.25. The number of nitrogens with one attached hydrogen (secondary N) is 1. The number of nitrogens with zero attached hydrogens (tertiary/aromatic N) is 1. The van der Waals surface area contributed by atoms with Crippen molar-refractivity contribution >= 4 is 5.82 Å². The molecule has 20 heavy (non-hydrogen) atoms. The Kier molecular flexibility index (Phi) is 5.49. The van der Waals surface area contributed by atoms with E-state index in [9.17, 15) is 13.9 Å². The van der Waals surface area contributed by atoms with Crippen molar-refractivity contribution in [3.05, 3.63) is 18.3 Å². The molecule has 1 atom stereocenters. The molecule has 112 valence electrons. The number of rotatable bonds is 9. The molecular weight excluding hydrogens is 270 g/mol. The normalized spacial score (nSPS) is 16.2. The van der Waals surface area contributed by atoms with Crippen LogP contribution in [0.15, 0.2) is 18.3 Å². The maximum atomic E-state index is 11.9. The highest BCUT2D eigenvalue weighted by molar-refractivity contribution is 5.37. The molecule has 0 bridgehead atoms. The number of anilines is 1. The quantitative estimate of drug-likeness (QED) is 0.726. The average Bonchev–Trinajstić information content (AvgIpc) is 3.21. The lowest BCUT2D eigenvalue weighted by Gasteiger charge is -2.13. The number of hydrogen-bond acceptors (Lipinski definition) is 5. The molecule has 0 aromatic carbocycles. The first-order valence-corrected chi connectivity index (χ1v) is 6.54. The summed E-state index contributed by atoms with van der Waals surface area (Å²) in [4.78, 5) is 3.90. The van der Waals surface area contributed by atoms with Crippen LogP contribution in [0.5, 0.6) is 5.75 Å². The fourth-order valence-corrected chi connectivity index (χ4v) is 1.59. The molecule has 0 saturated heterocycles. The largest absolute Gasteiger partial charge is 0.433 e. The van der Waals surface area contributed by atoms with Crippen molar-refractivity contribution in [3.8, 4) is 5.75 Å². The van der Waals surface area contributed by atoms with Crippen molar-refractivity contribution in [1.29, 1.82) is 0 Å². The molecule has 1 fully saturated rings. The van der Waals surface area contributed by atoms with Gasteiger partial charge < -0.3 is 19.9 Å². The average molecular weight is 288 g/mol. The van der Waals surface area contributed by atoms with E-state index in [0.717, 1.165) is 0 Å². The minimum atomic E-state index is -2.86. The number of ether oxygens (including phenoxy) is 2. The highest BCUT2D eigenvalue weighted by atomic mass is 19.3. The first-order valence-electron chi connectivity index (χ1n) is 6.54. The van der Waals surface area contributed by atoms with Gasteiger partial charge in [0.15, 0.2) is 0 Å². The smallest absolute Gasteiger partial charge is 0.387 e. The molecule has 2 N–H and O–H groups in total. The Morgan fingerprint density at radius 2 is 2.20 bits per heavy atom. The van der Waals surface area contributed by atoms with Gasteiger partial charge in [-0.25, -0.2) is 4.98 Å². The standard InChI is InChI=1S/C13H18F2N2O3/c14-13(15)20-11-3-4-12(17-6-11)16-5-10(18)8-19-7-9-1-2-9/h3-4,6,9-10,13,18H,1-2,5,7-8H2,(H,16,17). The highest BCUT2D eigenvalue weighted by Gasteiger charge is 2.21. The van der Waals surface area contributed by atoms with Gasteiger partial charge in [-0.05, 0) is 30.9 Å². The van der Waals surface area contributed by atoms with Crippen molar-refractivity contribution in [3.63, 3.8) is 0 Å². The summed E-state index contributed by atoms with van der Waals surface area (Å²) in [6.45, 7) is -1.60. The van der Waals surface area contributed by atoms with Gasteiger partial charge in [0.25, 0.3) is 0 Å². The molecular formula is C13H18F2N2O3. The molecule has 2 rings (SSSR count). The van der Waals surface area contributed by atoms with Crippen molar-refractivity contribution < 1.29 is 23.4 Å². The van der Waals surface area contributed by atoms with Crippen LogP contribution >= 0.6 is 0 Å². The second kappa shape index (κ2) is 7.35. The van der Waals surface area contributed by atoms with Gasteiger partial charge in [-0.3, -0.25) is 0 Å². The molecule has 1 aliphatic carbocycles. The second-order valence-corrected chi connectivity index (χ2v) is 4.77. The van der Waals surface area contributed by atoms with E-state index in [4.69, 9.17) is 4.74 Å². The molecule has 1 aromatic rings. The summed E-state index contributed by atoms with van der Waals surface area (Å²) in [6, 6.07) is 2.90. The zero-order chi connectivity index (χ0) is 14.4. The summed E-state index contributed by atoms with van der Waals surface area (Å²) in [5, 5.41) is 12.6. The topological polar surface area (TPSA) is 63.6 Å². The summed E-state index contributed by atoms with van der Waals surface area (Å²) in [6.07, 6.45) is 2.99. The van der Waals surface area contributed by atoms with E-state index in [-0.39, 0.29) is 18.9 Å². The summed E-state index contributed by atoms with van der Waals surface area (Å²) in [5.74, 6) is 1.14.